The molecule has 1 aromatic rings. The highest BCUT2D eigenvalue weighted by atomic mass is 16.1. The van der Waals surface area contributed by atoms with Gasteiger partial charge in [-0.25, -0.2) is 0 Å². The van der Waals surface area contributed by atoms with Crippen LogP contribution in [-0.4, -0.2) is 70.3 Å². The predicted molar refractivity (Wildman–Crippen MR) is 68.2 cm³/mol. The predicted octanol–water partition coefficient (Wildman–Crippen LogP) is -0.437. The minimum absolute atomic E-state index is 0.239. The van der Waals surface area contributed by atoms with Crippen molar-refractivity contribution in [3.63, 3.8) is 0 Å². The number of carbonyl (C=O) groups excluding carboxylic acids is 1. The maximum Gasteiger partial charge on any atom is 0.140 e. The zero-order chi connectivity index (χ0) is 13.1. The number of aromatic nitrogens is 3. The molecule has 0 aliphatic carbocycles. The molecule has 0 spiro atoms. The van der Waals surface area contributed by atoms with Crippen LogP contribution in [0.2, 0.25) is 0 Å². The lowest BCUT2D eigenvalue weighted by Gasteiger charge is -2.37. The second-order valence-electron chi connectivity index (χ2n) is 5.20. The Morgan fingerprint density at radius 1 is 1.39 bits per heavy atom. The first kappa shape index (κ1) is 13.2. The van der Waals surface area contributed by atoms with Crippen molar-refractivity contribution in [2.75, 3.05) is 33.7 Å². The second-order valence-corrected chi connectivity index (χ2v) is 5.20. The molecule has 18 heavy (non-hydrogen) atoms. The molecule has 1 aliphatic rings. The minimum Gasteiger partial charge on any atom is -0.304 e. The van der Waals surface area contributed by atoms with Crippen LogP contribution in [0.5, 0.6) is 0 Å². The summed E-state index contributed by atoms with van der Waals surface area (Å²) in [5, 5.41) is 7.79. The smallest absolute Gasteiger partial charge is 0.140 e. The van der Waals surface area contributed by atoms with Crippen LogP contribution in [0.15, 0.2) is 6.20 Å². The summed E-state index contributed by atoms with van der Waals surface area (Å²) >= 11 is 0. The Morgan fingerprint density at radius 2 is 2.17 bits per heavy atom. The van der Waals surface area contributed by atoms with Crippen molar-refractivity contribution < 1.29 is 4.79 Å². The molecule has 2 rings (SSSR count). The normalized spacial score (nSPS) is 22.3. The number of likely N-dealkylation sites (N-methyl/N-ethyl adjacent to an activating group) is 2. The molecule has 1 unspecified atom stereocenters. The minimum atomic E-state index is 0.239. The molecular weight excluding hydrogens is 230 g/mol. The number of aryl methyl sites for hydroxylation is 1. The molecule has 6 heteroatoms. The molecule has 0 radical (unpaired) electrons. The van der Waals surface area contributed by atoms with E-state index in [9.17, 15) is 4.79 Å². The average Bonchev–Trinajstić information content (AvgIpc) is 2.69. The molecule has 1 aliphatic heterocycles. The molecule has 2 heterocycles. The van der Waals surface area contributed by atoms with Gasteiger partial charge in [0.15, 0.2) is 0 Å². The van der Waals surface area contributed by atoms with Crippen LogP contribution >= 0.6 is 0 Å². The Hall–Kier alpha value is -1.27. The highest BCUT2D eigenvalue weighted by molar-refractivity contribution is 5.81. The summed E-state index contributed by atoms with van der Waals surface area (Å²) in [7, 11) is 6.01. The van der Waals surface area contributed by atoms with Gasteiger partial charge in [-0.05, 0) is 14.1 Å². The first-order valence-electron chi connectivity index (χ1n) is 6.30. The maximum atomic E-state index is 12.0. The summed E-state index contributed by atoms with van der Waals surface area (Å²) in [6.45, 7) is 3.06. The monoisotopic (exact) mass is 251 g/mol. The third-order valence-electron chi connectivity index (χ3n) is 3.47. The number of nitrogens with zero attached hydrogens (tertiary/aromatic N) is 5. The van der Waals surface area contributed by atoms with E-state index in [4.69, 9.17) is 0 Å². The SMILES string of the molecule is CN1CCN(C)C(CC(=O)Cc2cn(C)nn2)C1. The van der Waals surface area contributed by atoms with E-state index in [0.717, 1.165) is 25.3 Å². The highest BCUT2D eigenvalue weighted by Gasteiger charge is 2.24. The van der Waals surface area contributed by atoms with E-state index in [1.165, 1.54) is 0 Å². The fourth-order valence-corrected chi connectivity index (χ4v) is 2.34. The molecule has 1 fully saturated rings. The molecular formula is C12H21N5O. The van der Waals surface area contributed by atoms with Crippen molar-refractivity contribution in [1.29, 1.82) is 0 Å². The van der Waals surface area contributed by atoms with Gasteiger partial charge in [-0.2, -0.15) is 0 Å². The van der Waals surface area contributed by atoms with Crippen molar-refractivity contribution >= 4 is 5.78 Å². The highest BCUT2D eigenvalue weighted by Crippen LogP contribution is 2.11. The lowest BCUT2D eigenvalue weighted by atomic mass is 10.0. The Balaban J connectivity index is 1.86. The average molecular weight is 251 g/mol. The first-order valence-corrected chi connectivity index (χ1v) is 6.30. The van der Waals surface area contributed by atoms with Crippen molar-refractivity contribution in [3.8, 4) is 0 Å². The van der Waals surface area contributed by atoms with Crippen molar-refractivity contribution in [3.05, 3.63) is 11.9 Å². The lowest BCUT2D eigenvalue weighted by Crippen LogP contribution is -2.50. The number of hydrogen-bond donors (Lipinski definition) is 0. The summed E-state index contributed by atoms with van der Waals surface area (Å²) < 4.78 is 1.63. The van der Waals surface area contributed by atoms with Crippen LogP contribution in [0.4, 0.5) is 0 Å². The largest absolute Gasteiger partial charge is 0.304 e. The summed E-state index contributed by atoms with van der Waals surface area (Å²) in [5.41, 5.74) is 0.759. The molecule has 0 saturated carbocycles. The maximum absolute atomic E-state index is 12.0. The van der Waals surface area contributed by atoms with Gasteiger partial charge >= 0.3 is 0 Å². The quantitative estimate of drug-likeness (QED) is 0.726. The van der Waals surface area contributed by atoms with E-state index in [1.807, 2.05) is 7.05 Å². The lowest BCUT2D eigenvalue weighted by molar-refractivity contribution is -0.120. The van der Waals surface area contributed by atoms with Gasteiger partial charge in [-0.1, -0.05) is 5.21 Å². The van der Waals surface area contributed by atoms with E-state index in [2.05, 4.69) is 34.2 Å². The van der Waals surface area contributed by atoms with E-state index >= 15 is 0 Å². The Labute approximate surface area is 108 Å². The summed E-state index contributed by atoms with van der Waals surface area (Å²) in [4.78, 5) is 16.6. The van der Waals surface area contributed by atoms with Crippen molar-refractivity contribution in [2.45, 2.75) is 18.9 Å². The molecule has 100 valence electrons. The Morgan fingerprint density at radius 3 is 2.83 bits per heavy atom. The van der Waals surface area contributed by atoms with E-state index in [-0.39, 0.29) is 5.78 Å². The molecule has 0 aromatic carbocycles. The molecule has 1 saturated heterocycles. The van der Waals surface area contributed by atoms with Gasteiger partial charge in [0.05, 0.1) is 12.1 Å². The molecule has 1 aromatic heterocycles. The van der Waals surface area contributed by atoms with Crippen LogP contribution in [-0.2, 0) is 18.3 Å². The van der Waals surface area contributed by atoms with Gasteiger partial charge in [-0.3, -0.25) is 9.48 Å². The molecule has 0 amide bonds. The molecule has 0 bridgehead atoms. The standard InChI is InChI=1S/C12H21N5O/c1-15-4-5-16(2)11(9-15)7-12(18)6-10-8-17(3)14-13-10/h8,11H,4-7,9H2,1-3H3. The van der Waals surface area contributed by atoms with E-state index < -0.39 is 0 Å². The van der Waals surface area contributed by atoms with E-state index in [0.29, 0.717) is 18.9 Å². The summed E-state index contributed by atoms with van der Waals surface area (Å²) in [6.07, 6.45) is 2.79. The second kappa shape index (κ2) is 5.58. The molecule has 1 atom stereocenters. The van der Waals surface area contributed by atoms with Gasteiger partial charge in [0, 0.05) is 45.3 Å². The van der Waals surface area contributed by atoms with Gasteiger partial charge < -0.3 is 9.80 Å². The summed E-state index contributed by atoms with van der Waals surface area (Å²) in [5.74, 6) is 0.239. The van der Waals surface area contributed by atoms with Crippen molar-refractivity contribution in [1.82, 2.24) is 24.8 Å². The Bertz CT molecular complexity index is 416. The first-order chi connectivity index (χ1) is 8.54. The molecule has 6 nitrogen and oxygen atoms in total. The van der Waals surface area contributed by atoms with Crippen LogP contribution in [0, 0.1) is 0 Å². The number of carbonyl (C=O) groups is 1. The zero-order valence-corrected chi connectivity index (χ0v) is 11.3. The zero-order valence-electron chi connectivity index (χ0n) is 11.3. The van der Waals surface area contributed by atoms with Crippen LogP contribution in [0.3, 0.4) is 0 Å². The van der Waals surface area contributed by atoms with Gasteiger partial charge in [0.25, 0.3) is 0 Å². The summed E-state index contributed by atoms with van der Waals surface area (Å²) in [6, 6.07) is 0.327. The van der Waals surface area contributed by atoms with Gasteiger partial charge in [0.1, 0.15) is 5.78 Å². The van der Waals surface area contributed by atoms with Crippen molar-refractivity contribution in [2.24, 2.45) is 7.05 Å². The number of hydrogen-bond acceptors (Lipinski definition) is 5. The number of ketones is 1. The number of rotatable bonds is 4. The fraction of sp³-hybridized carbons (Fsp3) is 0.750. The topological polar surface area (TPSA) is 54.3 Å². The van der Waals surface area contributed by atoms with E-state index in [1.54, 1.807) is 10.9 Å². The van der Waals surface area contributed by atoms with Crippen LogP contribution < -0.4 is 0 Å². The number of piperazine rings is 1. The number of Topliss-reactive ketones (excluding diaryl/α,β-unsaturated/α-hetero) is 1. The van der Waals surface area contributed by atoms with Crippen LogP contribution in [0.25, 0.3) is 0 Å². The van der Waals surface area contributed by atoms with Gasteiger partial charge in [0.2, 0.25) is 0 Å². The molecule has 0 N–H and O–H groups in total. The fourth-order valence-electron chi connectivity index (χ4n) is 2.34. The third kappa shape index (κ3) is 3.36. The van der Waals surface area contributed by atoms with Gasteiger partial charge in [-0.15, -0.1) is 5.10 Å². The van der Waals surface area contributed by atoms with Crippen LogP contribution in [0.1, 0.15) is 12.1 Å². The third-order valence-corrected chi connectivity index (χ3v) is 3.47. The Kier molecular flexibility index (Phi) is 4.08.